The molecule has 2 aromatic carbocycles. The standard InChI is InChI=1S/C19H18Cl2N2O3/c20-15-5-1-13(2-6-15)9-22-10-17(24)11-23(12-18(22)25)19(26)14-3-7-16(21)8-4-14/h1-8,17,24H,9-12H2. The number of nitrogens with zero attached hydrogens (tertiary/aromatic N) is 2. The number of carbonyl (C=O) groups is 2. The lowest BCUT2D eigenvalue weighted by atomic mass is 10.2. The van der Waals surface area contributed by atoms with Crippen molar-refractivity contribution in [2.75, 3.05) is 19.6 Å². The van der Waals surface area contributed by atoms with Crippen molar-refractivity contribution in [3.8, 4) is 0 Å². The van der Waals surface area contributed by atoms with Gasteiger partial charge in [0.05, 0.1) is 6.10 Å². The first-order chi connectivity index (χ1) is 12.4. The van der Waals surface area contributed by atoms with E-state index in [0.717, 1.165) is 5.56 Å². The van der Waals surface area contributed by atoms with Crippen LogP contribution in [0.1, 0.15) is 15.9 Å². The lowest BCUT2D eigenvalue weighted by Crippen LogP contribution is -2.39. The number of hydrogen-bond donors (Lipinski definition) is 1. The Morgan fingerprint density at radius 3 is 2.19 bits per heavy atom. The monoisotopic (exact) mass is 392 g/mol. The van der Waals surface area contributed by atoms with Crippen LogP contribution in [0.25, 0.3) is 0 Å². The third-order valence-corrected chi connectivity index (χ3v) is 4.71. The Morgan fingerprint density at radius 2 is 1.58 bits per heavy atom. The number of β-amino-alcohol motifs (C(OH)–C–C–N with tert-alkyl or cyclic N) is 1. The third-order valence-electron chi connectivity index (χ3n) is 4.21. The van der Waals surface area contributed by atoms with E-state index in [4.69, 9.17) is 23.2 Å². The van der Waals surface area contributed by atoms with Crippen molar-refractivity contribution in [2.45, 2.75) is 12.6 Å². The van der Waals surface area contributed by atoms with Crippen molar-refractivity contribution in [3.05, 3.63) is 69.7 Å². The summed E-state index contributed by atoms with van der Waals surface area (Å²) in [5.41, 5.74) is 1.34. The average molecular weight is 393 g/mol. The van der Waals surface area contributed by atoms with Gasteiger partial charge in [-0.2, -0.15) is 0 Å². The molecule has 5 nitrogen and oxygen atoms in total. The quantitative estimate of drug-likeness (QED) is 0.873. The van der Waals surface area contributed by atoms with Crippen LogP contribution in [0.4, 0.5) is 0 Å². The van der Waals surface area contributed by atoms with Gasteiger partial charge in [0.2, 0.25) is 5.91 Å². The molecule has 0 aliphatic carbocycles. The highest BCUT2D eigenvalue weighted by atomic mass is 35.5. The fourth-order valence-corrected chi connectivity index (χ4v) is 3.14. The zero-order valence-corrected chi connectivity index (χ0v) is 15.5. The van der Waals surface area contributed by atoms with Gasteiger partial charge >= 0.3 is 0 Å². The van der Waals surface area contributed by atoms with Crippen LogP contribution < -0.4 is 0 Å². The van der Waals surface area contributed by atoms with Gasteiger partial charge in [0, 0.05) is 35.2 Å². The summed E-state index contributed by atoms with van der Waals surface area (Å²) in [5.74, 6) is -0.513. The van der Waals surface area contributed by atoms with E-state index in [0.29, 0.717) is 22.2 Å². The predicted molar refractivity (Wildman–Crippen MR) is 100 cm³/mol. The van der Waals surface area contributed by atoms with Crippen LogP contribution in [0.5, 0.6) is 0 Å². The molecule has 1 aliphatic rings. The largest absolute Gasteiger partial charge is 0.389 e. The predicted octanol–water partition coefficient (Wildman–Crippen LogP) is 2.84. The summed E-state index contributed by atoms with van der Waals surface area (Å²) in [5, 5.41) is 11.4. The molecule has 0 aromatic heterocycles. The van der Waals surface area contributed by atoms with Crippen LogP contribution in [0.15, 0.2) is 48.5 Å². The highest BCUT2D eigenvalue weighted by Crippen LogP contribution is 2.16. The van der Waals surface area contributed by atoms with Gasteiger partial charge in [0.1, 0.15) is 6.54 Å². The van der Waals surface area contributed by atoms with E-state index >= 15 is 0 Å². The zero-order valence-electron chi connectivity index (χ0n) is 13.9. The number of rotatable bonds is 3. The topological polar surface area (TPSA) is 60.9 Å². The SMILES string of the molecule is O=C1CN(C(=O)c2ccc(Cl)cc2)CC(O)CN1Cc1ccc(Cl)cc1. The Morgan fingerprint density at radius 1 is 1.00 bits per heavy atom. The van der Waals surface area contributed by atoms with Crippen molar-refractivity contribution >= 4 is 35.0 Å². The molecule has 7 heteroatoms. The summed E-state index contributed by atoms with van der Waals surface area (Å²) in [4.78, 5) is 28.2. The molecule has 2 amide bonds. The molecule has 1 fully saturated rings. The second kappa shape index (κ2) is 8.08. The molecular formula is C19H18Cl2N2O3. The van der Waals surface area contributed by atoms with Gasteiger partial charge in [-0.15, -0.1) is 0 Å². The maximum atomic E-state index is 12.6. The number of carbonyl (C=O) groups excluding carboxylic acids is 2. The lowest BCUT2D eigenvalue weighted by molar-refractivity contribution is -0.131. The molecule has 2 aromatic rings. The molecule has 1 saturated heterocycles. The van der Waals surface area contributed by atoms with Gasteiger partial charge in [0.25, 0.3) is 5.91 Å². The van der Waals surface area contributed by atoms with E-state index < -0.39 is 6.10 Å². The van der Waals surface area contributed by atoms with Crippen molar-refractivity contribution < 1.29 is 14.7 Å². The van der Waals surface area contributed by atoms with E-state index in [1.165, 1.54) is 4.90 Å². The highest BCUT2D eigenvalue weighted by molar-refractivity contribution is 6.30. The fourth-order valence-electron chi connectivity index (χ4n) is 2.89. The summed E-state index contributed by atoms with van der Waals surface area (Å²) in [6.07, 6.45) is -0.815. The molecule has 1 atom stereocenters. The minimum absolute atomic E-state index is 0.0773. The molecule has 0 spiro atoms. The molecule has 1 heterocycles. The van der Waals surface area contributed by atoms with Crippen LogP contribution in [-0.4, -0.2) is 52.5 Å². The van der Waals surface area contributed by atoms with Crippen molar-refractivity contribution in [2.24, 2.45) is 0 Å². The fraction of sp³-hybridized carbons (Fsp3) is 0.263. The maximum absolute atomic E-state index is 12.6. The van der Waals surface area contributed by atoms with Gasteiger partial charge in [-0.1, -0.05) is 35.3 Å². The summed E-state index contributed by atoms with van der Waals surface area (Å²) >= 11 is 11.7. The smallest absolute Gasteiger partial charge is 0.254 e. The van der Waals surface area contributed by atoms with E-state index in [-0.39, 0.29) is 31.4 Å². The van der Waals surface area contributed by atoms with Crippen molar-refractivity contribution in [1.29, 1.82) is 0 Å². The molecule has 26 heavy (non-hydrogen) atoms. The Balaban J connectivity index is 1.72. The van der Waals surface area contributed by atoms with Crippen LogP contribution in [0.2, 0.25) is 10.0 Å². The normalized spacial score (nSPS) is 18.0. The van der Waals surface area contributed by atoms with Crippen LogP contribution >= 0.6 is 23.2 Å². The Labute approximate surface area is 161 Å². The summed E-state index contributed by atoms with van der Waals surface area (Å²) < 4.78 is 0. The van der Waals surface area contributed by atoms with E-state index in [1.54, 1.807) is 41.3 Å². The number of hydrogen-bond acceptors (Lipinski definition) is 3. The number of aliphatic hydroxyl groups excluding tert-OH is 1. The first-order valence-electron chi connectivity index (χ1n) is 8.17. The van der Waals surface area contributed by atoms with Crippen LogP contribution in [-0.2, 0) is 11.3 Å². The summed E-state index contributed by atoms with van der Waals surface area (Å²) in [7, 11) is 0. The minimum Gasteiger partial charge on any atom is -0.389 e. The van der Waals surface area contributed by atoms with Gasteiger partial charge in [0.15, 0.2) is 0 Å². The minimum atomic E-state index is -0.815. The van der Waals surface area contributed by atoms with E-state index in [2.05, 4.69) is 0 Å². The third kappa shape index (κ3) is 4.55. The second-order valence-corrected chi connectivity index (χ2v) is 7.12. The zero-order chi connectivity index (χ0) is 18.7. The molecule has 1 N–H and O–H groups in total. The molecule has 3 rings (SSSR count). The maximum Gasteiger partial charge on any atom is 0.254 e. The molecule has 0 bridgehead atoms. The number of halogens is 2. The number of benzene rings is 2. The average Bonchev–Trinajstić information content (AvgIpc) is 2.75. The molecule has 1 unspecified atom stereocenters. The summed E-state index contributed by atoms with van der Waals surface area (Å²) in [6.45, 7) is 0.554. The van der Waals surface area contributed by atoms with Gasteiger partial charge < -0.3 is 14.9 Å². The van der Waals surface area contributed by atoms with Gasteiger partial charge in [-0.25, -0.2) is 0 Å². The Kier molecular flexibility index (Phi) is 5.81. The number of aliphatic hydroxyl groups is 1. The molecular weight excluding hydrogens is 375 g/mol. The molecule has 1 aliphatic heterocycles. The second-order valence-electron chi connectivity index (χ2n) is 6.25. The molecule has 0 radical (unpaired) electrons. The van der Waals surface area contributed by atoms with Crippen LogP contribution in [0, 0.1) is 0 Å². The van der Waals surface area contributed by atoms with Crippen molar-refractivity contribution in [1.82, 2.24) is 9.80 Å². The van der Waals surface area contributed by atoms with Gasteiger partial charge in [-0.05, 0) is 42.0 Å². The highest BCUT2D eigenvalue weighted by Gasteiger charge is 2.29. The van der Waals surface area contributed by atoms with Gasteiger partial charge in [-0.3, -0.25) is 9.59 Å². The number of amides is 2. The molecule has 136 valence electrons. The van der Waals surface area contributed by atoms with E-state index in [9.17, 15) is 14.7 Å². The molecule has 0 saturated carbocycles. The summed E-state index contributed by atoms with van der Waals surface area (Å²) in [6, 6.07) is 13.6. The van der Waals surface area contributed by atoms with Crippen molar-refractivity contribution in [3.63, 3.8) is 0 Å². The van der Waals surface area contributed by atoms with E-state index in [1.807, 2.05) is 12.1 Å². The Hall–Kier alpha value is -2.08. The van der Waals surface area contributed by atoms with Crippen LogP contribution in [0.3, 0.4) is 0 Å². The first kappa shape index (κ1) is 18.7. The lowest BCUT2D eigenvalue weighted by Gasteiger charge is -2.22. The Bertz CT molecular complexity index is 793. The first-order valence-corrected chi connectivity index (χ1v) is 8.93.